The van der Waals surface area contributed by atoms with E-state index in [1.165, 1.54) is 0 Å². The Morgan fingerprint density at radius 1 is 1.07 bits per heavy atom. The minimum absolute atomic E-state index is 0.228. The summed E-state index contributed by atoms with van der Waals surface area (Å²) in [4.78, 5) is 12.1. The highest BCUT2D eigenvalue weighted by atomic mass is 35.5. The Kier molecular flexibility index (Phi) is 9.46. The second kappa shape index (κ2) is 11.6. The van der Waals surface area contributed by atoms with Gasteiger partial charge in [-0.2, -0.15) is 0 Å². The van der Waals surface area contributed by atoms with Crippen molar-refractivity contribution in [1.82, 2.24) is 0 Å². The van der Waals surface area contributed by atoms with E-state index in [0.29, 0.717) is 41.1 Å². The molecule has 2 aromatic rings. The molecule has 0 aliphatic carbocycles. The fourth-order valence-corrected chi connectivity index (χ4v) is 4.98. The van der Waals surface area contributed by atoms with Crippen molar-refractivity contribution in [2.45, 2.75) is 19.9 Å². The van der Waals surface area contributed by atoms with E-state index in [1.54, 1.807) is 44.2 Å². The topological polar surface area (TPSA) is 103 Å². The summed E-state index contributed by atoms with van der Waals surface area (Å²) < 4.78 is 23.1. The third-order valence-corrected chi connectivity index (χ3v) is 6.85. The van der Waals surface area contributed by atoms with Gasteiger partial charge >= 0.3 is 7.60 Å². The summed E-state index contributed by atoms with van der Waals surface area (Å²) in [6, 6.07) is 11.3. The number of benzene rings is 2. The Balaban J connectivity index is 2.10. The predicted molar refractivity (Wildman–Crippen MR) is 123 cm³/mol. The minimum atomic E-state index is -3.12. The summed E-state index contributed by atoms with van der Waals surface area (Å²) in [5.41, 5.74) is 7.40. The third-order valence-electron chi connectivity index (χ3n) is 4.11. The van der Waals surface area contributed by atoms with E-state index in [2.05, 4.69) is 10.6 Å². The Morgan fingerprint density at radius 2 is 1.63 bits per heavy atom. The number of nitrogens with two attached hydrogens (primary N) is 1. The first-order chi connectivity index (χ1) is 14.3. The van der Waals surface area contributed by atoms with Gasteiger partial charge in [-0.25, -0.2) is 0 Å². The second-order valence-electron chi connectivity index (χ2n) is 6.29. The van der Waals surface area contributed by atoms with Gasteiger partial charge in [0.2, 0.25) is 5.91 Å². The molecular formula is C20H26Cl2N3O4P. The van der Waals surface area contributed by atoms with E-state index in [-0.39, 0.29) is 6.16 Å². The smallest absolute Gasteiger partial charge is 0.332 e. The number of rotatable bonds is 12. The molecule has 0 saturated heterocycles. The first-order valence-corrected chi connectivity index (χ1v) is 12.0. The first-order valence-electron chi connectivity index (χ1n) is 9.51. The van der Waals surface area contributed by atoms with E-state index in [9.17, 15) is 9.36 Å². The van der Waals surface area contributed by atoms with Crippen molar-refractivity contribution < 1.29 is 18.4 Å². The van der Waals surface area contributed by atoms with Crippen LogP contribution in [-0.4, -0.2) is 31.8 Å². The Hall–Kier alpha value is -1.76. The molecule has 0 aliphatic heterocycles. The molecule has 0 radical (unpaired) electrons. The van der Waals surface area contributed by atoms with Gasteiger partial charge in [-0.3, -0.25) is 9.36 Å². The van der Waals surface area contributed by atoms with Crippen LogP contribution in [0, 0.1) is 0 Å². The first kappa shape index (κ1) is 24.5. The van der Waals surface area contributed by atoms with Gasteiger partial charge in [-0.1, -0.05) is 35.3 Å². The average Bonchev–Trinajstić information content (AvgIpc) is 2.67. The highest BCUT2D eigenvalue weighted by Crippen LogP contribution is 2.47. The monoisotopic (exact) mass is 473 g/mol. The largest absolute Gasteiger partial charge is 0.384 e. The van der Waals surface area contributed by atoms with E-state index < -0.39 is 19.5 Å². The van der Waals surface area contributed by atoms with Crippen LogP contribution in [0.15, 0.2) is 42.5 Å². The summed E-state index contributed by atoms with van der Waals surface area (Å²) in [6.07, 6.45) is 0.228. The lowest BCUT2D eigenvalue weighted by Crippen LogP contribution is -2.28. The maximum Gasteiger partial charge on any atom is 0.332 e. The molecule has 1 amide bonds. The summed E-state index contributed by atoms with van der Waals surface area (Å²) in [5.74, 6) is -0.613. The minimum Gasteiger partial charge on any atom is -0.384 e. The number of carbonyl (C=O) groups excluding carboxylic acids is 1. The van der Waals surface area contributed by atoms with Crippen LogP contribution in [0.4, 0.5) is 11.4 Å². The van der Waals surface area contributed by atoms with Crippen molar-refractivity contribution in [3.8, 4) is 0 Å². The molecule has 0 heterocycles. The molecule has 7 nitrogen and oxygen atoms in total. The number of hydrogen-bond acceptors (Lipinski definition) is 6. The number of hydrogen-bond donors (Lipinski definition) is 3. The van der Waals surface area contributed by atoms with Crippen molar-refractivity contribution in [3.63, 3.8) is 0 Å². The quantitative estimate of drug-likeness (QED) is 0.361. The van der Waals surface area contributed by atoms with E-state index >= 15 is 0 Å². The van der Waals surface area contributed by atoms with Crippen molar-refractivity contribution in [2.75, 3.05) is 36.6 Å². The van der Waals surface area contributed by atoms with Gasteiger partial charge in [0.15, 0.2) is 0 Å². The summed E-state index contributed by atoms with van der Waals surface area (Å²) in [7, 11) is -3.12. The number of amides is 1. The van der Waals surface area contributed by atoms with Crippen molar-refractivity contribution >= 4 is 48.1 Å². The molecule has 4 N–H and O–H groups in total. The van der Waals surface area contributed by atoms with Gasteiger partial charge in [0, 0.05) is 33.5 Å². The Labute approximate surface area is 186 Å². The molecule has 0 bridgehead atoms. The number of nitrogens with one attached hydrogen (secondary N) is 2. The van der Waals surface area contributed by atoms with E-state index in [1.807, 2.05) is 12.1 Å². The molecule has 2 rings (SSSR count). The zero-order valence-corrected chi connectivity index (χ0v) is 19.3. The van der Waals surface area contributed by atoms with Crippen LogP contribution < -0.4 is 16.4 Å². The van der Waals surface area contributed by atoms with Crippen LogP contribution in [0.25, 0.3) is 0 Å². The lowest BCUT2D eigenvalue weighted by Gasteiger charge is -2.20. The average molecular weight is 474 g/mol. The van der Waals surface area contributed by atoms with Crippen LogP contribution in [0.5, 0.6) is 0 Å². The molecule has 0 aliphatic rings. The molecule has 164 valence electrons. The van der Waals surface area contributed by atoms with Crippen LogP contribution in [0.1, 0.15) is 25.5 Å². The number of halogens is 2. The molecular weight excluding hydrogens is 448 g/mol. The third kappa shape index (κ3) is 6.89. The number of carbonyl (C=O) groups is 1. The van der Waals surface area contributed by atoms with Gasteiger partial charge < -0.3 is 25.4 Å². The molecule has 0 saturated carbocycles. The van der Waals surface area contributed by atoms with Gasteiger partial charge in [0.25, 0.3) is 0 Å². The molecule has 30 heavy (non-hydrogen) atoms. The number of primary amides is 1. The van der Waals surface area contributed by atoms with Gasteiger partial charge in [0.1, 0.15) is 6.04 Å². The van der Waals surface area contributed by atoms with Crippen LogP contribution in [0.3, 0.4) is 0 Å². The highest BCUT2D eigenvalue weighted by molar-refractivity contribution is 7.53. The summed E-state index contributed by atoms with van der Waals surface area (Å²) in [6.45, 7) is 4.56. The fraction of sp³-hybridized carbons (Fsp3) is 0.350. The molecule has 0 aromatic heterocycles. The maximum absolute atomic E-state index is 12.5. The molecule has 0 spiro atoms. The fourth-order valence-electron chi connectivity index (χ4n) is 2.85. The van der Waals surface area contributed by atoms with Crippen LogP contribution in [0.2, 0.25) is 10.0 Å². The van der Waals surface area contributed by atoms with Crippen LogP contribution in [-0.2, 0) is 18.4 Å². The molecule has 2 aromatic carbocycles. The van der Waals surface area contributed by atoms with E-state index in [0.717, 1.165) is 5.69 Å². The van der Waals surface area contributed by atoms with Gasteiger partial charge in [0.05, 0.1) is 19.4 Å². The zero-order chi connectivity index (χ0) is 22.1. The van der Waals surface area contributed by atoms with Crippen molar-refractivity contribution in [2.24, 2.45) is 5.73 Å². The molecule has 1 atom stereocenters. The van der Waals surface area contributed by atoms with Gasteiger partial charge in [-0.05, 0) is 44.2 Å². The second-order valence-corrected chi connectivity index (χ2v) is 9.29. The summed E-state index contributed by atoms with van der Waals surface area (Å²) >= 11 is 12.5. The molecule has 10 heteroatoms. The van der Waals surface area contributed by atoms with Gasteiger partial charge in [-0.15, -0.1) is 0 Å². The normalized spacial score (nSPS) is 12.4. The SMILES string of the molecule is CCOP(=O)(CCNc1cccc(NC(C(N)=O)c2c(Cl)cccc2Cl)c1)OCC. The standard InChI is InChI=1S/C20H26Cl2N3O4P/c1-3-28-30(27,29-4-2)12-11-24-14-7-5-8-15(13-14)25-19(20(23)26)18-16(21)9-6-10-17(18)22/h5-10,13,19,24-25H,3-4,11-12H2,1-2H3,(H2,23,26). The Morgan fingerprint density at radius 3 is 2.20 bits per heavy atom. The predicted octanol–water partition coefficient (Wildman–Crippen LogP) is 5.31. The van der Waals surface area contributed by atoms with Crippen molar-refractivity contribution in [1.29, 1.82) is 0 Å². The maximum atomic E-state index is 12.5. The number of anilines is 2. The summed E-state index contributed by atoms with van der Waals surface area (Å²) in [5, 5.41) is 6.94. The Bertz CT molecular complexity index is 883. The van der Waals surface area contributed by atoms with Crippen LogP contribution >= 0.6 is 30.8 Å². The highest BCUT2D eigenvalue weighted by Gasteiger charge is 2.24. The van der Waals surface area contributed by atoms with Crippen molar-refractivity contribution in [3.05, 3.63) is 58.1 Å². The zero-order valence-electron chi connectivity index (χ0n) is 16.9. The lowest BCUT2D eigenvalue weighted by molar-refractivity contribution is -0.118. The van der Waals surface area contributed by atoms with E-state index in [4.69, 9.17) is 38.0 Å². The molecule has 0 fully saturated rings. The molecule has 1 unspecified atom stereocenters. The lowest BCUT2D eigenvalue weighted by atomic mass is 10.1.